The number of hydrogen-bond donors (Lipinski definition) is 0. The molecular formula is C12H15ClN4OS. The summed E-state index contributed by atoms with van der Waals surface area (Å²) in [5.74, 6) is 0.210. The van der Waals surface area contributed by atoms with Crippen LogP contribution in [0.4, 0.5) is 5.00 Å². The largest absolute Gasteiger partial charge is 0.358 e. The normalized spacial score (nSPS) is 15.7. The van der Waals surface area contributed by atoms with Gasteiger partial charge in [-0.3, -0.25) is 4.79 Å². The Morgan fingerprint density at radius 3 is 2.58 bits per heavy atom. The van der Waals surface area contributed by atoms with Gasteiger partial charge in [0.1, 0.15) is 16.6 Å². The second-order valence-electron chi connectivity index (χ2n) is 4.73. The van der Waals surface area contributed by atoms with Gasteiger partial charge in [-0.05, 0) is 11.5 Å². The summed E-state index contributed by atoms with van der Waals surface area (Å²) in [6.45, 7) is 6.60. The van der Waals surface area contributed by atoms with Crippen molar-refractivity contribution in [2.24, 2.45) is 5.92 Å². The lowest BCUT2D eigenvalue weighted by Gasteiger charge is -2.36. The Bertz CT molecular complexity index is 514. The van der Waals surface area contributed by atoms with Gasteiger partial charge in [0.05, 0.1) is 0 Å². The van der Waals surface area contributed by atoms with Crippen LogP contribution in [0.2, 0.25) is 5.15 Å². The molecule has 0 spiro atoms. The zero-order valence-corrected chi connectivity index (χ0v) is 12.5. The third-order valence-electron chi connectivity index (χ3n) is 3.12. The molecule has 0 saturated carbocycles. The molecule has 1 saturated heterocycles. The lowest BCUT2D eigenvalue weighted by atomic mass is 10.1. The van der Waals surface area contributed by atoms with Crippen molar-refractivity contribution >= 4 is 34.0 Å². The minimum Gasteiger partial charge on any atom is -0.358 e. The average molecular weight is 299 g/mol. The number of carbonyl (C=O) groups excluding carboxylic acids is 1. The second-order valence-corrected chi connectivity index (χ2v) is 5.84. The highest BCUT2D eigenvalue weighted by atomic mass is 35.5. The van der Waals surface area contributed by atoms with E-state index in [1.807, 2.05) is 18.7 Å². The Morgan fingerprint density at radius 2 is 2.05 bits per heavy atom. The first-order chi connectivity index (χ1) is 9.04. The molecule has 102 valence electrons. The average Bonchev–Trinajstić information content (AvgIpc) is 2.79. The molecule has 7 heteroatoms. The summed E-state index contributed by atoms with van der Waals surface area (Å²) >= 11 is 7.11. The molecule has 1 aliphatic rings. The van der Waals surface area contributed by atoms with Gasteiger partial charge in [0, 0.05) is 32.1 Å². The number of aromatic nitrogens is 1. The summed E-state index contributed by atoms with van der Waals surface area (Å²) in [5, 5.41) is 10.1. The number of carbonyl (C=O) groups is 1. The smallest absolute Gasteiger partial charge is 0.225 e. The molecule has 1 fully saturated rings. The molecule has 19 heavy (non-hydrogen) atoms. The third kappa shape index (κ3) is 2.82. The fourth-order valence-electron chi connectivity index (χ4n) is 2.07. The van der Waals surface area contributed by atoms with Crippen molar-refractivity contribution in [3.63, 3.8) is 0 Å². The molecule has 0 N–H and O–H groups in total. The molecule has 1 aromatic rings. The molecule has 5 nitrogen and oxygen atoms in total. The van der Waals surface area contributed by atoms with Crippen LogP contribution >= 0.6 is 23.1 Å². The van der Waals surface area contributed by atoms with Gasteiger partial charge in [-0.1, -0.05) is 25.4 Å². The SMILES string of the molecule is CC(C)C(=O)N1CCN(c2snc(Cl)c2C#N)CC1. The maximum Gasteiger partial charge on any atom is 0.225 e. The first kappa shape index (κ1) is 14.1. The molecule has 0 aliphatic carbocycles. The number of nitriles is 1. The monoisotopic (exact) mass is 298 g/mol. The van der Waals surface area contributed by atoms with Crippen LogP contribution < -0.4 is 4.90 Å². The van der Waals surface area contributed by atoms with Crippen molar-refractivity contribution in [1.82, 2.24) is 9.27 Å². The number of piperazine rings is 1. The summed E-state index contributed by atoms with van der Waals surface area (Å²) < 4.78 is 4.01. The summed E-state index contributed by atoms with van der Waals surface area (Å²) in [4.78, 5) is 15.8. The van der Waals surface area contributed by atoms with Crippen LogP contribution in [-0.4, -0.2) is 41.4 Å². The van der Waals surface area contributed by atoms with Crippen molar-refractivity contribution in [2.45, 2.75) is 13.8 Å². The molecule has 2 heterocycles. The third-order valence-corrected chi connectivity index (χ3v) is 4.40. The van der Waals surface area contributed by atoms with Gasteiger partial charge >= 0.3 is 0 Å². The predicted octanol–water partition coefficient (Wildman–Crippen LogP) is 1.97. The molecule has 0 aromatic carbocycles. The molecule has 2 rings (SSSR count). The van der Waals surface area contributed by atoms with Gasteiger partial charge in [0.25, 0.3) is 0 Å². The fraction of sp³-hybridized carbons (Fsp3) is 0.583. The first-order valence-electron chi connectivity index (χ1n) is 6.13. The van der Waals surface area contributed by atoms with E-state index < -0.39 is 0 Å². The Morgan fingerprint density at radius 1 is 1.42 bits per heavy atom. The Kier molecular flexibility index (Phi) is 4.27. The van der Waals surface area contributed by atoms with Gasteiger partial charge in [0.2, 0.25) is 5.91 Å². The zero-order chi connectivity index (χ0) is 14.0. The molecule has 0 atom stereocenters. The van der Waals surface area contributed by atoms with Gasteiger partial charge in [-0.15, -0.1) is 0 Å². The van der Waals surface area contributed by atoms with Gasteiger partial charge in [-0.25, -0.2) is 0 Å². The highest BCUT2D eigenvalue weighted by Gasteiger charge is 2.26. The van der Waals surface area contributed by atoms with Crippen molar-refractivity contribution in [3.8, 4) is 6.07 Å². The molecule has 1 amide bonds. The van der Waals surface area contributed by atoms with Crippen molar-refractivity contribution in [2.75, 3.05) is 31.1 Å². The van der Waals surface area contributed by atoms with E-state index in [4.69, 9.17) is 16.9 Å². The number of nitrogens with zero attached hydrogens (tertiary/aromatic N) is 4. The van der Waals surface area contributed by atoms with E-state index in [2.05, 4.69) is 15.3 Å². The lowest BCUT2D eigenvalue weighted by Crippen LogP contribution is -2.49. The van der Waals surface area contributed by atoms with Crippen LogP contribution in [-0.2, 0) is 4.79 Å². The number of amides is 1. The van der Waals surface area contributed by atoms with Crippen LogP contribution in [0.25, 0.3) is 0 Å². The zero-order valence-electron chi connectivity index (χ0n) is 10.9. The van der Waals surface area contributed by atoms with Crippen LogP contribution in [0.5, 0.6) is 0 Å². The molecule has 1 aliphatic heterocycles. The minimum atomic E-state index is 0.0269. The van der Waals surface area contributed by atoms with E-state index in [0.29, 0.717) is 31.7 Å². The number of hydrogen-bond acceptors (Lipinski definition) is 5. The fourth-order valence-corrected chi connectivity index (χ4v) is 3.15. The van der Waals surface area contributed by atoms with Crippen molar-refractivity contribution < 1.29 is 4.79 Å². The molecule has 0 bridgehead atoms. The van der Waals surface area contributed by atoms with E-state index in [-0.39, 0.29) is 17.0 Å². The lowest BCUT2D eigenvalue weighted by molar-refractivity contribution is -0.134. The quantitative estimate of drug-likeness (QED) is 0.837. The predicted molar refractivity (Wildman–Crippen MR) is 75.5 cm³/mol. The maximum absolute atomic E-state index is 11.9. The van der Waals surface area contributed by atoms with Crippen LogP contribution in [0.1, 0.15) is 19.4 Å². The minimum absolute atomic E-state index is 0.0269. The van der Waals surface area contributed by atoms with Crippen molar-refractivity contribution in [1.29, 1.82) is 5.26 Å². The van der Waals surface area contributed by atoms with E-state index in [0.717, 1.165) is 5.00 Å². The summed E-state index contributed by atoms with van der Waals surface area (Å²) in [6.07, 6.45) is 0. The summed E-state index contributed by atoms with van der Waals surface area (Å²) in [6, 6.07) is 2.09. The number of rotatable bonds is 2. The van der Waals surface area contributed by atoms with Gasteiger partial charge < -0.3 is 9.80 Å². The molecule has 0 unspecified atom stereocenters. The van der Waals surface area contributed by atoms with Gasteiger partial charge in [-0.2, -0.15) is 9.64 Å². The van der Waals surface area contributed by atoms with E-state index >= 15 is 0 Å². The highest BCUT2D eigenvalue weighted by Crippen LogP contribution is 2.31. The second kappa shape index (κ2) is 5.76. The van der Waals surface area contributed by atoms with Crippen LogP contribution in [0.3, 0.4) is 0 Å². The molecular weight excluding hydrogens is 284 g/mol. The topological polar surface area (TPSA) is 60.2 Å². The first-order valence-corrected chi connectivity index (χ1v) is 7.28. The highest BCUT2D eigenvalue weighted by molar-refractivity contribution is 7.10. The number of anilines is 1. The maximum atomic E-state index is 11.9. The molecule has 0 radical (unpaired) electrons. The van der Waals surface area contributed by atoms with E-state index in [9.17, 15) is 4.79 Å². The Hall–Kier alpha value is -1.32. The van der Waals surface area contributed by atoms with Crippen molar-refractivity contribution in [3.05, 3.63) is 10.7 Å². The standard InChI is InChI=1S/C12H15ClN4OS/c1-8(2)11(18)16-3-5-17(6-4-16)12-9(7-14)10(13)15-19-12/h8H,3-6H2,1-2H3. The Balaban J connectivity index is 2.04. The van der Waals surface area contributed by atoms with Crippen LogP contribution in [0.15, 0.2) is 0 Å². The molecule has 1 aromatic heterocycles. The van der Waals surface area contributed by atoms with Gasteiger partial charge in [0.15, 0.2) is 5.15 Å². The Labute approximate surface area is 121 Å². The van der Waals surface area contributed by atoms with E-state index in [1.165, 1.54) is 11.5 Å². The van der Waals surface area contributed by atoms with Crippen LogP contribution in [0, 0.1) is 17.2 Å². The summed E-state index contributed by atoms with van der Waals surface area (Å²) in [5.41, 5.74) is 0.440. The van der Waals surface area contributed by atoms with E-state index in [1.54, 1.807) is 0 Å². The summed E-state index contributed by atoms with van der Waals surface area (Å²) in [7, 11) is 0. The number of halogens is 1.